The molecule has 6 heteroatoms. The summed E-state index contributed by atoms with van der Waals surface area (Å²) < 4.78 is 1.74. The zero-order valence-electron chi connectivity index (χ0n) is 13.3. The first-order chi connectivity index (χ1) is 11.0. The van der Waals surface area contributed by atoms with E-state index in [1.54, 1.807) is 15.8 Å². The lowest BCUT2D eigenvalue weighted by atomic mass is 10.1. The van der Waals surface area contributed by atoms with E-state index in [1.807, 2.05) is 37.5 Å². The van der Waals surface area contributed by atoms with Gasteiger partial charge in [0.05, 0.1) is 6.20 Å². The van der Waals surface area contributed by atoms with Crippen LogP contribution in [0.15, 0.2) is 36.7 Å². The maximum Gasteiger partial charge on any atom is 0.253 e. The number of carbonyl (C=O) groups is 2. The van der Waals surface area contributed by atoms with Gasteiger partial charge in [0, 0.05) is 50.4 Å². The van der Waals surface area contributed by atoms with E-state index in [0.29, 0.717) is 18.7 Å². The second-order valence-corrected chi connectivity index (χ2v) is 5.92. The lowest BCUT2D eigenvalue weighted by Crippen LogP contribution is -2.37. The molecule has 0 bridgehead atoms. The van der Waals surface area contributed by atoms with Gasteiger partial charge in [-0.25, -0.2) is 0 Å². The van der Waals surface area contributed by atoms with Gasteiger partial charge >= 0.3 is 0 Å². The average Bonchev–Trinajstić information content (AvgIpc) is 3.15. The Morgan fingerprint density at radius 3 is 2.83 bits per heavy atom. The van der Waals surface area contributed by atoms with Gasteiger partial charge in [0.15, 0.2) is 0 Å². The molecule has 1 saturated heterocycles. The molecular formula is C17H20N4O2. The first-order valence-electron chi connectivity index (χ1n) is 7.68. The van der Waals surface area contributed by atoms with Crippen molar-refractivity contribution in [3.05, 3.63) is 42.2 Å². The highest BCUT2D eigenvalue weighted by molar-refractivity contribution is 5.95. The topological polar surface area (TPSA) is 67.2 Å². The summed E-state index contributed by atoms with van der Waals surface area (Å²) in [5.41, 5.74) is 2.62. The molecule has 1 fully saturated rings. The number of rotatable bonds is 3. The smallest absolute Gasteiger partial charge is 0.253 e. The number of hydrogen-bond donors (Lipinski definition) is 1. The zero-order chi connectivity index (χ0) is 16.4. The molecule has 3 rings (SSSR count). The van der Waals surface area contributed by atoms with Crippen LogP contribution in [-0.2, 0) is 11.8 Å². The van der Waals surface area contributed by atoms with Gasteiger partial charge in [-0.3, -0.25) is 14.3 Å². The zero-order valence-corrected chi connectivity index (χ0v) is 13.3. The summed E-state index contributed by atoms with van der Waals surface area (Å²) >= 11 is 0. The van der Waals surface area contributed by atoms with E-state index < -0.39 is 0 Å². The first-order valence-corrected chi connectivity index (χ1v) is 7.68. The summed E-state index contributed by atoms with van der Waals surface area (Å²) in [5.74, 6) is -0.0496. The first kappa shape index (κ1) is 15.3. The average molecular weight is 312 g/mol. The molecule has 1 atom stereocenters. The second-order valence-electron chi connectivity index (χ2n) is 5.92. The third kappa shape index (κ3) is 3.41. The highest BCUT2D eigenvalue weighted by Gasteiger charge is 2.27. The van der Waals surface area contributed by atoms with Crippen LogP contribution < -0.4 is 5.32 Å². The second kappa shape index (κ2) is 6.24. The fraction of sp³-hybridized carbons (Fsp3) is 0.353. The van der Waals surface area contributed by atoms with E-state index in [4.69, 9.17) is 0 Å². The SMILES string of the molecule is CC(=O)N[C@H]1CCN(C(=O)c2cccc(-c3cnn(C)c3)c2)C1. The van der Waals surface area contributed by atoms with Gasteiger partial charge in [-0.05, 0) is 24.1 Å². The number of aromatic nitrogens is 2. The maximum atomic E-state index is 12.7. The number of likely N-dealkylation sites (tertiary alicyclic amines) is 1. The van der Waals surface area contributed by atoms with Crippen molar-refractivity contribution in [1.82, 2.24) is 20.0 Å². The number of benzene rings is 1. The lowest BCUT2D eigenvalue weighted by molar-refractivity contribution is -0.119. The molecule has 23 heavy (non-hydrogen) atoms. The molecule has 1 aromatic carbocycles. The number of aryl methyl sites for hydroxylation is 1. The Bertz CT molecular complexity index is 738. The van der Waals surface area contributed by atoms with Crippen LogP contribution in [0, 0.1) is 0 Å². The number of carbonyl (C=O) groups excluding carboxylic acids is 2. The van der Waals surface area contributed by atoms with E-state index >= 15 is 0 Å². The Morgan fingerprint density at radius 2 is 2.13 bits per heavy atom. The van der Waals surface area contributed by atoms with Crippen LogP contribution in [0.5, 0.6) is 0 Å². The van der Waals surface area contributed by atoms with E-state index in [9.17, 15) is 9.59 Å². The molecule has 1 aliphatic heterocycles. The third-order valence-corrected chi connectivity index (χ3v) is 4.03. The van der Waals surface area contributed by atoms with Gasteiger partial charge in [0.2, 0.25) is 5.91 Å². The molecular weight excluding hydrogens is 292 g/mol. The van der Waals surface area contributed by atoms with Crippen LogP contribution in [-0.4, -0.2) is 45.6 Å². The van der Waals surface area contributed by atoms with Crippen molar-refractivity contribution in [3.8, 4) is 11.1 Å². The summed E-state index contributed by atoms with van der Waals surface area (Å²) in [7, 11) is 1.87. The van der Waals surface area contributed by atoms with Crippen molar-refractivity contribution >= 4 is 11.8 Å². The van der Waals surface area contributed by atoms with Crippen LogP contribution in [0.3, 0.4) is 0 Å². The molecule has 2 heterocycles. The molecule has 2 amide bonds. The monoisotopic (exact) mass is 312 g/mol. The van der Waals surface area contributed by atoms with E-state index in [2.05, 4.69) is 10.4 Å². The van der Waals surface area contributed by atoms with Crippen molar-refractivity contribution in [2.45, 2.75) is 19.4 Å². The summed E-state index contributed by atoms with van der Waals surface area (Å²) in [5, 5.41) is 7.04. The van der Waals surface area contributed by atoms with E-state index in [0.717, 1.165) is 17.5 Å². The number of nitrogens with one attached hydrogen (secondary N) is 1. The van der Waals surface area contributed by atoms with E-state index in [-0.39, 0.29) is 17.9 Å². The standard InChI is InChI=1S/C17H20N4O2/c1-12(22)19-16-6-7-21(11-16)17(23)14-5-3-4-13(8-14)15-9-18-20(2)10-15/h3-5,8-10,16H,6-7,11H2,1-2H3,(H,19,22)/t16-/m0/s1. The maximum absolute atomic E-state index is 12.7. The highest BCUT2D eigenvalue weighted by Crippen LogP contribution is 2.21. The normalized spacial score (nSPS) is 17.3. The van der Waals surface area contributed by atoms with Gasteiger partial charge in [0.25, 0.3) is 5.91 Å². The summed E-state index contributed by atoms with van der Waals surface area (Å²) in [6.07, 6.45) is 4.51. The summed E-state index contributed by atoms with van der Waals surface area (Å²) in [6, 6.07) is 7.63. The summed E-state index contributed by atoms with van der Waals surface area (Å²) in [4.78, 5) is 25.6. The molecule has 1 aliphatic rings. The highest BCUT2D eigenvalue weighted by atomic mass is 16.2. The van der Waals surface area contributed by atoms with Crippen LogP contribution in [0.4, 0.5) is 0 Å². The molecule has 120 valence electrons. The molecule has 0 radical (unpaired) electrons. The largest absolute Gasteiger partial charge is 0.352 e. The Labute approximate surface area is 135 Å². The summed E-state index contributed by atoms with van der Waals surface area (Å²) in [6.45, 7) is 2.73. The van der Waals surface area contributed by atoms with Crippen LogP contribution >= 0.6 is 0 Å². The Hall–Kier alpha value is -2.63. The van der Waals surface area contributed by atoms with Gasteiger partial charge in [-0.1, -0.05) is 12.1 Å². The van der Waals surface area contributed by atoms with Gasteiger partial charge < -0.3 is 10.2 Å². The van der Waals surface area contributed by atoms with Crippen molar-refractivity contribution in [2.24, 2.45) is 7.05 Å². The predicted molar refractivity (Wildman–Crippen MR) is 86.8 cm³/mol. The molecule has 0 spiro atoms. The van der Waals surface area contributed by atoms with Crippen LogP contribution in [0.1, 0.15) is 23.7 Å². The minimum atomic E-state index is -0.0529. The fourth-order valence-corrected chi connectivity index (χ4v) is 2.93. The quantitative estimate of drug-likeness (QED) is 0.932. The molecule has 0 saturated carbocycles. The predicted octanol–water partition coefficient (Wildman–Crippen LogP) is 1.44. The van der Waals surface area contributed by atoms with Crippen LogP contribution in [0.2, 0.25) is 0 Å². The Morgan fingerprint density at radius 1 is 1.30 bits per heavy atom. The van der Waals surface area contributed by atoms with Crippen molar-refractivity contribution in [1.29, 1.82) is 0 Å². The van der Waals surface area contributed by atoms with E-state index in [1.165, 1.54) is 6.92 Å². The molecule has 1 N–H and O–H groups in total. The Balaban J connectivity index is 1.74. The minimum absolute atomic E-state index is 0.00333. The Kier molecular flexibility index (Phi) is 4.14. The fourth-order valence-electron chi connectivity index (χ4n) is 2.93. The van der Waals surface area contributed by atoms with Gasteiger partial charge in [-0.15, -0.1) is 0 Å². The van der Waals surface area contributed by atoms with Crippen molar-refractivity contribution in [2.75, 3.05) is 13.1 Å². The van der Waals surface area contributed by atoms with Gasteiger partial charge in [0.1, 0.15) is 0 Å². The number of hydrogen-bond acceptors (Lipinski definition) is 3. The lowest BCUT2D eigenvalue weighted by Gasteiger charge is -2.17. The molecule has 0 aliphatic carbocycles. The molecule has 1 aromatic heterocycles. The van der Waals surface area contributed by atoms with Crippen LogP contribution in [0.25, 0.3) is 11.1 Å². The minimum Gasteiger partial charge on any atom is -0.352 e. The van der Waals surface area contributed by atoms with Gasteiger partial charge in [-0.2, -0.15) is 5.10 Å². The van der Waals surface area contributed by atoms with Crippen molar-refractivity contribution in [3.63, 3.8) is 0 Å². The number of nitrogens with zero attached hydrogens (tertiary/aromatic N) is 3. The third-order valence-electron chi connectivity index (χ3n) is 4.03. The van der Waals surface area contributed by atoms with Crippen molar-refractivity contribution < 1.29 is 9.59 Å². The molecule has 6 nitrogen and oxygen atoms in total. The molecule has 2 aromatic rings. The number of amides is 2. The molecule has 0 unspecified atom stereocenters.